The Kier molecular flexibility index (Phi) is 3.14. The van der Waals surface area contributed by atoms with Gasteiger partial charge in [0.05, 0.1) is 0 Å². The molecule has 1 heterocycles. The molecule has 0 saturated heterocycles. The van der Waals surface area contributed by atoms with Crippen LogP contribution in [-0.4, -0.2) is 9.66 Å². The minimum atomic E-state index is -0.264. The van der Waals surface area contributed by atoms with Gasteiger partial charge in [0.25, 0.3) is 5.56 Å². The maximum Gasteiger partial charge on any atom is 0.276 e. The van der Waals surface area contributed by atoms with E-state index in [9.17, 15) is 4.79 Å². The summed E-state index contributed by atoms with van der Waals surface area (Å²) in [4.78, 5) is 15.7. The van der Waals surface area contributed by atoms with Crippen molar-refractivity contribution in [2.75, 3.05) is 11.2 Å². The third kappa shape index (κ3) is 2.47. The number of aromatic nitrogens is 2. The summed E-state index contributed by atoms with van der Waals surface area (Å²) < 4.78 is 1.97. The number of hydrogen-bond donors (Lipinski definition) is 2. The summed E-state index contributed by atoms with van der Waals surface area (Å²) in [5.74, 6) is 5.94. The standard InChI is InChI=1S/C11H11BrN4O/c1-7-6-14-11(16(13)10(7)17)15-9-4-2-8(12)3-5-9/h2-6H,13H2,1H3,(H,14,15). The van der Waals surface area contributed by atoms with Gasteiger partial charge in [-0.1, -0.05) is 15.9 Å². The Morgan fingerprint density at radius 1 is 1.35 bits per heavy atom. The van der Waals surface area contributed by atoms with Crippen LogP contribution < -0.4 is 16.7 Å². The number of nitrogen functional groups attached to an aromatic ring is 1. The second-order valence-corrected chi connectivity index (χ2v) is 4.49. The second-order valence-electron chi connectivity index (χ2n) is 3.57. The van der Waals surface area contributed by atoms with Crippen molar-refractivity contribution in [3.05, 3.63) is 50.9 Å². The van der Waals surface area contributed by atoms with Gasteiger partial charge in [0.1, 0.15) is 0 Å². The molecule has 0 unspecified atom stereocenters. The van der Waals surface area contributed by atoms with Gasteiger partial charge in [0.2, 0.25) is 5.95 Å². The molecule has 1 aromatic carbocycles. The lowest BCUT2D eigenvalue weighted by atomic mass is 10.3. The van der Waals surface area contributed by atoms with E-state index in [1.807, 2.05) is 24.3 Å². The molecule has 1 aromatic heterocycles. The van der Waals surface area contributed by atoms with Gasteiger partial charge in [-0.2, -0.15) is 4.68 Å². The van der Waals surface area contributed by atoms with Crippen LogP contribution in [0.1, 0.15) is 5.56 Å². The minimum Gasteiger partial charge on any atom is -0.333 e. The highest BCUT2D eigenvalue weighted by molar-refractivity contribution is 9.10. The topological polar surface area (TPSA) is 72.9 Å². The molecule has 0 aliphatic heterocycles. The van der Waals surface area contributed by atoms with E-state index in [-0.39, 0.29) is 5.56 Å². The van der Waals surface area contributed by atoms with Crippen LogP contribution in [0.5, 0.6) is 0 Å². The first-order valence-corrected chi connectivity index (χ1v) is 5.73. The molecule has 0 amide bonds. The van der Waals surface area contributed by atoms with Crippen LogP contribution in [-0.2, 0) is 0 Å². The molecule has 17 heavy (non-hydrogen) atoms. The van der Waals surface area contributed by atoms with Crippen LogP contribution in [0.3, 0.4) is 0 Å². The number of anilines is 2. The van der Waals surface area contributed by atoms with Gasteiger partial charge >= 0.3 is 0 Å². The summed E-state index contributed by atoms with van der Waals surface area (Å²) in [6, 6.07) is 7.48. The zero-order valence-corrected chi connectivity index (χ0v) is 10.7. The van der Waals surface area contributed by atoms with E-state index in [0.717, 1.165) is 14.8 Å². The summed E-state index contributed by atoms with van der Waals surface area (Å²) in [5, 5.41) is 2.97. The van der Waals surface area contributed by atoms with Crippen molar-refractivity contribution >= 4 is 27.6 Å². The molecule has 2 rings (SSSR count). The Bertz CT molecular complexity index is 591. The van der Waals surface area contributed by atoms with Crippen molar-refractivity contribution in [1.82, 2.24) is 9.66 Å². The van der Waals surface area contributed by atoms with Gasteiger partial charge in [-0.3, -0.25) is 4.79 Å². The Labute approximate surface area is 106 Å². The highest BCUT2D eigenvalue weighted by atomic mass is 79.9. The minimum absolute atomic E-state index is 0.264. The average molecular weight is 295 g/mol. The second kappa shape index (κ2) is 4.58. The molecule has 3 N–H and O–H groups in total. The summed E-state index contributed by atoms with van der Waals surface area (Å²) in [7, 11) is 0. The highest BCUT2D eigenvalue weighted by Crippen LogP contribution is 2.16. The molecule has 0 spiro atoms. The molecular weight excluding hydrogens is 284 g/mol. The number of hydrogen-bond acceptors (Lipinski definition) is 4. The third-order valence-corrected chi connectivity index (χ3v) is 2.79. The average Bonchev–Trinajstić information content (AvgIpc) is 2.33. The Hall–Kier alpha value is -1.82. The fourth-order valence-corrected chi connectivity index (χ4v) is 1.58. The molecule has 0 bridgehead atoms. The Morgan fingerprint density at radius 3 is 2.65 bits per heavy atom. The number of benzene rings is 1. The molecule has 0 atom stereocenters. The summed E-state index contributed by atoms with van der Waals surface area (Å²) in [6.07, 6.45) is 1.49. The van der Waals surface area contributed by atoms with Crippen LogP contribution in [0.25, 0.3) is 0 Å². The SMILES string of the molecule is Cc1cnc(Nc2ccc(Br)cc2)n(N)c1=O. The number of nitrogens with zero attached hydrogens (tertiary/aromatic N) is 2. The maximum absolute atomic E-state index is 11.6. The normalized spacial score (nSPS) is 10.2. The van der Waals surface area contributed by atoms with Gasteiger partial charge in [0.15, 0.2) is 0 Å². The Morgan fingerprint density at radius 2 is 2.00 bits per heavy atom. The summed E-state index contributed by atoms with van der Waals surface area (Å²) in [5.41, 5.74) is 1.05. The molecule has 88 valence electrons. The van der Waals surface area contributed by atoms with E-state index in [0.29, 0.717) is 11.5 Å². The first-order chi connectivity index (χ1) is 8.08. The zero-order chi connectivity index (χ0) is 12.4. The van der Waals surface area contributed by atoms with Gasteiger partial charge < -0.3 is 11.2 Å². The molecular formula is C11H11BrN4O. The third-order valence-electron chi connectivity index (χ3n) is 2.27. The van der Waals surface area contributed by atoms with Crippen molar-refractivity contribution in [1.29, 1.82) is 0 Å². The van der Waals surface area contributed by atoms with Crippen molar-refractivity contribution in [3.63, 3.8) is 0 Å². The largest absolute Gasteiger partial charge is 0.333 e. The summed E-state index contributed by atoms with van der Waals surface area (Å²) in [6.45, 7) is 1.67. The molecule has 0 radical (unpaired) electrons. The van der Waals surface area contributed by atoms with Crippen molar-refractivity contribution < 1.29 is 0 Å². The molecule has 0 saturated carbocycles. The fourth-order valence-electron chi connectivity index (χ4n) is 1.32. The monoisotopic (exact) mass is 294 g/mol. The number of nitrogens with one attached hydrogen (secondary N) is 1. The van der Waals surface area contributed by atoms with Crippen molar-refractivity contribution in [3.8, 4) is 0 Å². The lowest BCUT2D eigenvalue weighted by molar-refractivity contribution is 0.886. The number of halogens is 1. The first kappa shape index (κ1) is 11.7. The van der Waals surface area contributed by atoms with Crippen LogP contribution in [0.4, 0.5) is 11.6 Å². The maximum atomic E-state index is 11.6. The predicted molar refractivity (Wildman–Crippen MR) is 70.8 cm³/mol. The van der Waals surface area contributed by atoms with Crippen LogP contribution in [0.2, 0.25) is 0 Å². The summed E-state index contributed by atoms with van der Waals surface area (Å²) >= 11 is 3.34. The van der Waals surface area contributed by atoms with E-state index in [4.69, 9.17) is 5.84 Å². The van der Waals surface area contributed by atoms with Crippen LogP contribution >= 0.6 is 15.9 Å². The van der Waals surface area contributed by atoms with Crippen LogP contribution in [0.15, 0.2) is 39.7 Å². The van der Waals surface area contributed by atoms with E-state index in [1.165, 1.54) is 6.20 Å². The smallest absolute Gasteiger partial charge is 0.276 e. The highest BCUT2D eigenvalue weighted by Gasteiger charge is 2.04. The van der Waals surface area contributed by atoms with Gasteiger partial charge in [-0.25, -0.2) is 4.98 Å². The zero-order valence-electron chi connectivity index (χ0n) is 9.14. The molecule has 5 nitrogen and oxygen atoms in total. The first-order valence-electron chi connectivity index (χ1n) is 4.94. The molecule has 0 aliphatic carbocycles. The van der Waals surface area contributed by atoms with Crippen LogP contribution in [0, 0.1) is 6.92 Å². The quantitative estimate of drug-likeness (QED) is 0.828. The lowest BCUT2D eigenvalue weighted by Gasteiger charge is -2.09. The number of aryl methyl sites for hydroxylation is 1. The van der Waals surface area contributed by atoms with E-state index < -0.39 is 0 Å². The van der Waals surface area contributed by atoms with Gasteiger partial charge in [0, 0.05) is 21.9 Å². The van der Waals surface area contributed by atoms with Crippen molar-refractivity contribution in [2.45, 2.75) is 6.92 Å². The number of rotatable bonds is 2. The van der Waals surface area contributed by atoms with E-state index >= 15 is 0 Å². The predicted octanol–water partition coefficient (Wildman–Crippen LogP) is 1.77. The van der Waals surface area contributed by atoms with E-state index in [1.54, 1.807) is 6.92 Å². The lowest BCUT2D eigenvalue weighted by Crippen LogP contribution is -2.31. The molecule has 6 heteroatoms. The van der Waals surface area contributed by atoms with E-state index in [2.05, 4.69) is 26.2 Å². The van der Waals surface area contributed by atoms with Gasteiger partial charge in [-0.05, 0) is 31.2 Å². The van der Waals surface area contributed by atoms with Gasteiger partial charge in [-0.15, -0.1) is 0 Å². The fraction of sp³-hybridized carbons (Fsp3) is 0.0909. The van der Waals surface area contributed by atoms with Crippen molar-refractivity contribution in [2.24, 2.45) is 0 Å². The molecule has 2 aromatic rings. The molecule has 0 fully saturated rings. The Balaban J connectivity index is 2.34. The molecule has 0 aliphatic rings. The number of nitrogens with two attached hydrogens (primary N) is 1.